The zero-order chi connectivity index (χ0) is 11.7. The molecule has 3 unspecified atom stereocenters. The second-order valence-corrected chi connectivity index (χ2v) is 5.06. The van der Waals surface area contributed by atoms with E-state index in [1.807, 2.05) is 6.07 Å². The minimum atomic E-state index is -0.356. The third-order valence-corrected chi connectivity index (χ3v) is 4.12. The van der Waals surface area contributed by atoms with Crippen LogP contribution in [-0.2, 0) is 6.42 Å². The van der Waals surface area contributed by atoms with E-state index in [9.17, 15) is 9.50 Å². The lowest BCUT2D eigenvalue weighted by Crippen LogP contribution is -2.17. The third-order valence-electron chi connectivity index (χ3n) is 3.70. The Hall–Kier alpha value is -0.600. The molecule has 0 saturated heterocycles. The summed E-state index contributed by atoms with van der Waals surface area (Å²) < 4.78 is 13.2. The van der Waals surface area contributed by atoms with E-state index < -0.39 is 0 Å². The van der Waals surface area contributed by atoms with E-state index in [1.54, 1.807) is 6.07 Å². The van der Waals surface area contributed by atoms with Crippen LogP contribution in [-0.4, -0.2) is 11.2 Å². The van der Waals surface area contributed by atoms with Crippen LogP contribution in [0.1, 0.15) is 25.3 Å². The first-order valence-corrected chi connectivity index (χ1v) is 6.08. The quantitative estimate of drug-likeness (QED) is 0.843. The molecule has 88 valence electrons. The zero-order valence-corrected chi connectivity index (χ0v) is 10.0. The highest BCUT2D eigenvalue weighted by Gasteiger charge is 2.31. The summed E-state index contributed by atoms with van der Waals surface area (Å²) in [6.45, 7) is 2.05. The standard InChI is InChI=1S/C13H16ClFO/c1-8-9(5-6-12(8)16)7-10-3-2-4-11(15)13(10)14/h2-4,8-9,12,16H,5-7H2,1H3. The Labute approximate surface area is 100 Å². The normalized spacial score (nSPS) is 29.6. The topological polar surface area (TPSA) is 20.2 Å². The van der Waals surface area contributed by atoms with Gasteiger partial charge in [-0.2, -0.15) is 0 Å². The predicted molar refractivity (Wildman–Crippen MR) is 63.0 cm³/mol. The number of hydrogen-bond acceptors (Lipinski definition) is 1. The second-order valence-electron chi connectivity index (χ2n) is 4.68. The number of hydrogen-bond donors (Lipinski definition) is 1. The molecule has 1 fully saturated rings. The molecule has 0 spiro atoms. The first-order chi connectivity index (χ1) is 7.59. The maximum atomic E-state index is 13.2. The summed E-state index contributed by atoms with van der Waals surface area (Å²) in [7, 11) is 0. The Morgan fingerprint density at radius 1 is 1.44 bits per heavy atom. The molecule has 1 saturated carbocycles. The number of aliphatic hydroxyl groups is 1. The fourth-order valence-corrected chi connectivity index (χ4v) is 2.70. The van der Waals surface area contributed by atoms with Crippen LogP contribution in [0, 0.1) is 17.7 Å². The van der Waals surface area contributed by atoms with Gasteiger partial charge in [0.25, 0.3) is 0 Å². The average molecular weight is 243 g/mol. The molecular formula is C13H16ClFO. The van der Waals surface area contributed by atoms with Crippen molar-refractivity contribution in [2.45, 2.75) is 32.3 Å². The molecular weight excluding hydrogens is 227 g/mol. The maximum absolute atomic E-state index is 13.2. The van der Waals surface area contributed by atoms with Gasteiger partial charge < -0.3 is 5.11 Å². The monoisotopic (exact) mass is 242 g/mol. The smallest absolute Gasteiger partial charge is 0.142 e. The molecule has 3 heteroatoms. The van der Waals surface area contributed by atoms with Gasteiger partial charge in [0.15, 0.2) is 0 Å². The highest BCUT2D eigenvalue weighted by molar-refractivity contribution is 6.31. The average Bonchev–Trinajstić information content (AvgIpc) is 2.57. The van der Waals surface area contributed by atoms with Crippen molar-refractivity contribution in [1.82, 2.24) is 0 Å². The summed E-state index contributed by atoms with van der Waals surface area (Å²) in [5.41, 5.74) is 0.854. The van der Waals surface area contributed by atoms with Crippen LogP contribution < -0.4 is 0 Å². The molecule has 0 aliphatic heterocycles. The van der Waals surface area contributed by atoms with Gasteiger partial charge in [-0.1, -0.05) is 30.7 Å². The summed E-state index contributed by atoms with van der Waals surface area (Å²) in [4.78, 5) is 0. The summed E-state index contributed by atoms with van der Waals surface area (Å²) in [6.07, 6.45) is 2.39. The van der Waals surface area contributed by atoms with E-state index in [0.29, 0.717) is 5.92 Å². The molecule has 1 N–H and O–H groups in total. The Morgan fingerprint density at radius 2 is 2.19 bits per heavy atom. The predicted octanol–water partition coefficient (Wildman–Crippen LogP) is 3.43. The summed E-state index contributed by atoms with van der Waals surface area (Å²) in [5.74, 6) is 0.332. The van der Waals surface area contributed by atoms with Gasteiger partial charge in [-0.05, 0) is 42.7 Å². The van der Waals surface area contributed by atoms with Crippen molar-refractivity contribution in [2.75, 3.05) is 0 Å². The number of aliphatic hydroxyl groups excluding tert-OH is 1. The minimum Gasteiger partial charge on any atom is -0.393 e. The number of benzene rings is 1. The Bertz CT molecular complexity index is 380. The van der Waals surface area contributed by atoms with Crippen LogP contribution in [0.5, 0.6) is 0 Å². The molecule has 2 rings (SSSR count). The second kappa shape index (κ2) is 4.72. The van der Waals surface area contributed by atoms with Gasteiger partial charge in [-0.25, -0.2) is 4.39 Å². The van der Waals surface area contributed by atoms with Gasteiger partial charge in [0.2, 0.25) is 0 Å². The van der Waals surface area contributed by atoms with Gasteiger partial charge in [0, 0.05) is 0 Å². The first-order valence-electron chi connectivity index (χ1n) is 5.70. The molecule has 0 amide bonds. The maximum Gasteiger partial charge on any atom is 0.142 e. The molecule has 0 heterocycles. The van der Waals surface area contributed by atoms with Gasteiger partial charge in [-0.15, -0.1) is 0 Å². The van der Waals surface area contributed by atoms with E-state index in [0.717, 1.165) is 24.8 Å². The molecule has 1 aromatic rings. The van der Waals surface area contributed by atoms with Crippen molar-refractivity contribution in [1.29, 1.82) is 0 Å². The van der Waals surface area contributed by atoms with Gasteiger partial charge in [0.05, 0.1) is 11.1 Å². The molecule has 1 aliphatic carbocycles. The van der Waals surface area contributed by atoms with Crippen LogP contribution in [0.2, 0.25) is 5.02 Å². The lowest BCUT2D eigenvalue weighted by Gasteiger charge is -2.18. The van der Waals surface area contributed by atoms with Crippen LogP contribution in [0.25, 0.3) is 0 Å². The van der Waals surface area contributed by atoms with Crippen molar-refractivity contribution in [3.8, 4) is 0 Å². The lowest BCUT2D eigenvalue weighted by atomic mass is 9.90. The highest BCUT2D eigenvalue weighted by Crippen LogP contribution is 2.35. The third kappa shape index (κ3) is 2.23. The Kier molecular flexibility index (Phi) is 3.50. The van der Waals surface area contributed by atoms with Gasteiger partial charge in [-0.3, -0.25) is 0 Å². The number of rotatable bonds is 2. The fourth-order valence-electron chi connectivity index (χ4n) is 2.50. The first kappa shape index (κ1) is 11.9. The SMILES string of the molecule is CC1C(O)CCC1Cc1cccc(F)c1Cl. The van der Waals surface area contributed by atoms with Crippen molar-refractivity contribution in [3.63, 3.8) is 0 Å². The molecule has 1 aliphatic rings. The van der Waals surface area contributed by atoms with Crippen LogP contribution in [0.3, 0.4) is 0 Å². The molecule has 1 aromatic carbocycles. The van der Waals surface area contributed by atoms with Crippen LogP contribution in [0.4, 0.5) is 4.39 Å². The van der Waals surface area contributed by atoms with Crippen molar-refractivity contribution >= 4 is 11.6 Å². The zero-order valence-electron chi connectivity index (χ0n) is 9.29. The summed E-state index contributed by atoms with van der Waals surface area (Å²) >= 11 is 5.92. The van der Waals surface area contributed by atoms with E-state index >= 15 is 0 Å². The van der Waals surface area contributed by atoms with Crippen molar-refractivity contribution < 1.29 is 9.50 Å². The largest absolute Gasteiger partial charge is 0.393 e. The van der Waals surface area contributed by atoms with E-state index in [2.05, 4.69) is 6.92 Å². The Balaban J connectivity index is 2.12. The van der Waals surface area contributed by atoms with Crippen LogP contribution >= 0.6 is 11.6 Å². The number of halogens is 2. The van der Waals surface area contributed by atoms with E-state index in [1.165, 1.54) is 6.07 Å². The van der Waals surface area contributed by atoms with E-state index in [-0.39, 0.29) is 22.9 Å². The van der Waals surface area contributed by atoms with E-state index in [4.69, 9.17) is 11.6 Å². The van der Waals surface area contributed by atoms with Gasteiger partial charge >= 0.3 is 0 Å². The minimum absolute atomic E-state index is 0.211. The van der Waals surface area contributed by atoms with Gasteiger partial charge in [0.1, 0.15) is 5.82 Å². The molecule has 3 atom stereocenters. The molecule has 0 radical (unpaired) electrons. The fraction of sp³-hybridized carbons (Fsp3) is 0.538. The lowest BCUT2D eigenvalue weighted by molar-refractivity contribution is 0.127. The Morgan fingerprint density at radius 3 is 2.81 bits per heavy atom. The molecule has 0 bridgehead atoms. The molecule has 16 heavy (non-hydrogen) atoms. The molecule has 1 nitrogen and oxygen atoms in total. The summed E-state index contributed by atoms with van der Waals surface area (Å²) in [5, 5.41) is 9.90. The van der Waals surface area contributed by atoms with Crippen LogP contribution in [0.15, 0.2) is 18.2 Å². The highest BCUT2D eigenvalue weighted by atomic mass is 35.5. The van der Waals surface area contributed by atoms with Crippen molar-refractivity contribution in [3.05, 3.63) is 34.6 Å². The summed E-state index contributed by atoms with van der Waals surface area (Å²) in [6, 6.07) is 4.92. The van der Waals surface area contributed by atoms with Crippen molar-refractivity contribution in [2.24, 2.45) is 11.8 Å². The molecule has 0 aromatic heterocycles.